The topological polar surface area (TPSA) is 26.3 Å². The summed E-state index contributed by atoms with van der Waals surface area (Å²) in [6.07, 6.45) is 5.44. The largest absolute Gasteiger partial charge is 0.484 e. The number of benzene rings is 3. The van der Waals surface area contributed by atoms with Crippen LogP contribution in [0.15, 0.2) is 60.7 Å². The summed E-state index contributed by atoms with van der Waals surface area (Å²) in [4.78, 5) is 12.9. The number of Topliss-reactive ketones (excluding diaryl/α,β-unsaturated/α-hetero) is 1. The molecule has 31 heavy (non-hydrogen) atoms. The van der Waals surface area contributed by atoms with Gasteiger partial charge in [0.25, 0.3) is 0 Å². The number of fused-ring (bicyclic) bond motifs is 3. The van der Waals surface area contributed by atoms with E-state index in [1.54, 1.807) is 19.1 Å². The van der Waals surface area contributed by atoms with Gasteiger partial charge >= 0.3 is 0 Å². The zero-order valence-corrected chi connectivity index (χ0v) is 18.7. The fourth-order valence-electron chi connectivity index (χ4n) is 4.74. The fourth-order valence-corrected chi connectivity index (χ4v) is 7.11. The average molecular weight is 434 g/mol. The molecular weight excluding hydrogens is 407 g/mol. The third-order valence-corrected chi connectivity index (χ3v) is 8.73. The molecule has 2 nitrogen and oxygen atoms in total. The van der Waals surface area contributed by atoms with Gasteiger partial charge in [-0.2, -0.15) is 0 Å². The molecule has 1 unspecified atom stereocenters. The molecule has 1 saturated carbocycles. The molecule has 4 heteroatoms. The van der Waals surface area contributed by atoms with E-state index in [1.807, 2.05) is 36.4 Å². The normalized spacial score (nSPS) is 16.5. The number of hydrogen-bond donors (Lipinski definition) is 0. The molecule has 0 N–H and O–H groups in total. The van der Waals surface area contributed by atoms with Crippen LogP contribution in [0.2, 0.25) is 0 Å². The SMILES string of the molecule is CC(=O)c1ccc2c(c1)c1ccccc1[s+]2-c1ccc(OC2(C)CCCCC2)c(F)c1. The van der Waals surface area contributed by atoms with Crippen molar-refractivity contribution in [1.82, 2.24) is 0 Å². The maximum absolute atomic E-state index is 15.2. The molecule has 1 aliphatic rings. The van der Waals surface area contributed by atoms with E-state index in [9.17, 15) is 4.79 Å². The maximum atomic E-state index is 15.2. The molecule has 4 aromatic rings. The fraction of sp³-hybridized carbons (Fsp3) is 0.296. The number of halogens is 1. The van der Waals surface area contributed by atoms with Crippen LogP contribution in [0.1, 0.15) is 56.3 Å². The van der Waals surface area contributed by atoms with Gasteiger partial charge in [0.15, 0.2) is 31.6 Å². The highest BCUT2D eigenvalue weighted by Gasteiger charge is 2.31. The highest BCUT2D eigenvalue weighted by Crippen LogP contribution is 2.49. The molecule has 0 saturated heterocycles. The third kappa shape index (κ3) is 3.63. The second-order valence-electron chi connectivity index (χ2n) is 8.77. The number of carbonyl (C=O) groups excluding carboxylic acids is 1. The Kier molecular flexibility index (Phi) is 5.05. The first kappa shape index (κ1) is 20.2. The monoisotopic (exact) mass is 433 g/mol. The first-order chi connectivity index (χ1) is 15.0. The minimum Gasteiger partial charge on any atom is -0.484 e. The van der Waals surface area contributed by atoms with E-state index in [0.29, 0.717) is 11.3 Å². The zero-order chi connectivity index (χ0) is 21.6. The van der Waals surface area contributed by atoms with Crippen LogP contribution in [0.4, 0.5) is 4.39 Å². The summed E-state index contributed by atoms with van der Waals surface area (Å²) in [6, 6.07) is 19.5. The van der Waals surface area contributed by atoms with Crippen molar-refractivity contribution in [2.24, 2.45) is 0 Å². The highest BCUT2D eigenvalue weighted by molar-refractivity contribution is 7.50. The van der Waals surface area contributed by atoms with Crippen molar-refractivity contribution in [2.45, 2.75) is 51.6 Å². The molecule has 1 atom stereocenters. The van der Waals surface area contributed by atoms with Crippen LogP contribution >= 0.6 is 10.5 Å². The van der Waals surface area contributed by atoms with Crippen molar-refractivity contribution in [3.05, 3.63) is 72.0 Å². The summed E-state index contributed by atoms with van der Waals surface area (Å²) >= 11 is 0. The number of carbonyl (C=O) groups is 1. The molecule has 1 aliphatic carbocycles. The van der Waals surface area contributed by atoms with E-state index >= 15 is 4.39 Å². The Morgan fingerprint density at radius 3 is 2.42 bits per heavy atom. The summed E-state index contributed by atoms with van der Waals surface area (Å²) in [6.45, 7) is 3.68. The Morgan fingerprint density at radius 1 is 0.935 bits per heavy atom. The number of ether oxygens (including phenoxy) is 1. The van der Waals surface area contributed by atoms with E-state index in [1.165, 1.54) is 11.1 Å². The lowest BCUT2D eigenvalue weighted by atomic mass is 9.86. The Morgan fingerprint density at radius 2 is 1.68 bits per heavy atom. The van der Waals surface area contributed by atoms with Crippen molar-refractivity contribution >= 4 is 36.4 Å². The molecule has 1 fully saturated rings. The average Bonchev–Trinajstić information content (AvgIpc) is 3.09. The Bertz CT molecular complexity index is 1300. The Hall–Kier alpha value is -2.72. The van der Waals surface area contributed by atoms with Gasteiger partial charge in [0, 0.05) is 38.9 Å². The summed E-state index contributed by atoms with van der Waals surface area (Å²) in [5, 5.41) is 2.20. The van der Waals surface area contributed by atoms with Crippen LogP contribution < -0.4 is 4.74 Å². The summed E-state index contributed by atoms with van der Waals surface area (Å²) in [7, 11) is -0.405. The summed E-state index contributed by atoms with van der Waals surface area (Å²) < 4.78 is 23.7. The molecule has 1 aromatic heterocycles. The van der Waals surface area contributed by atoms with Crippen molar-refractivity contribution in [3.8, 4) is 10.6 Å². The van der Waals surface area contributed by atoms with Gasteiger partial charge in [0.1, 0.15) is 5.60 Å². The molecule has 0 spiro atoms. The third-order valence-electron chi connectivity index (χ3n) is 6.41. The van der Waals surface area contributed by atoms with Gasteiger partial charge < -0.3 is 4.74 Å². The second kappa shape index (κ2) is 7.76. The van der Waals surface area contributed by atoms with Gasteiger partial charge in [-0.25, -0.2) is 4.39 Å². The molecular formula is C27H26FO2S+. The molecule has 0 aliphatic heterocycles. The smallest absolute Gasteiger partial charge is 0.187 e. The molecule has 0 radical (unpaired) electrons. The van der Waals surface area contributed by atoms with Crippen molar-refractivity contribution in [3.63, 3.8) is 0 Å². The number of hydrogen-bond acceptors (Lipinski definition) is 2. The Balaban J connectivity index is 1.62. The molecule has 0 bridgehead atoms. The van der Waals surface area contributed by atoms with Gasteiger partial charge in [0.05, 0.1) is 0 Å². The van der Waals surface area contributed by atoms with E-state index in [-0.39, 0.29) is 17.2 Å². The number of thiophene rings is 1. The lowest BCUT2D eigenvalue weighted by molar-refractivity contribution is 0.0448. The predicted octanol–water partition coefficient (Wildman–Crippen LogP) is 8.17. The van der Waals surface area contributed by atoms with Crippen LogP contribution in [0.25, 0.3) is 25.1 Å². The molecule has 158 valence electrons. The van der Waals surface area contributed by atoms with Gasteiger partial charge in [-0.05, 0) is 75.9 Å². The van der Waals surface area contributed by atoms with Crippen LogP contribution in [-0.4, -0.2) is 11.4 Å². The van der Waals surface area contributed by atoms with Gasteiger partial charge in [-0.3, -0.25) is 4.79 Å². The molecule has 3 aromatic carbocycles. The minimum absolute atomic E-state index is 0.0517. The van der Waals surface area contributed by atoms with E-state index in [0.717, 1.165) is 46.1 Å². The quantitative estimate of drug-likeness (QED) is 0.240. The van der Waals surface area contributed by atoms with Crippen LogP contribution in [0.5, 0.6) is 5.75 Å². The van der Waals surface area contributed by atoms with Crippen LogP contribution in [0.3, 0.4) is 0 Å². The number of ketones is 1. The maximum Gasteiger partial charge on any atom is 0.187 e. The molecule has 5 rings (SSSR count). The molecule has 1 heterocycles. The summed E-state index contributed by atoms with van der Waals surface area (Å²) in [5.41, 5.74) is 0.424. The standard InChI is InChI=1S/C27H26FO2S/c1-18(29)19-10-13-26-22(16-19)21-8-4-5-9-25(21)31(26)20-11-12-24(23(28)17-20)30-27(2)14-6-3-7-15-27/h4-5,8-13,16-17H,3,6-7,14-15H2,1-2H3/q+1. The lowest BCUT2D eigenvalue weighted by Gasteiger charge is -2.34. The van der Waals surface area contributed by atoms with E-state index in [4.69, 9.17) is 4.74 Å². The van der Waals surface area contributed by atoms with Crippen molar-refractivity contribution in [2.75, 3.05) is 0 Å². The lowest BCUT2D eigenvalue weighted by Crippen LogP contribution is -2.34. The zero-order valence-electron chi connectivity index (χ0n) is 17.9. The summed E-state index contributed by atoms with van der Waals surface area (Å²) in [5.74, 6) is 0.0929. The second-order valence-corrected chi connectivity index (χ2v) is 10.7. The van der Waals surface area contributed by atoms with Crippen LogP contribution in [-0.2, 0) is 0 Å². The Labute approximate surface area is 184 Å². The van der Waals surface area contributed by atoms with Gasteiger partial charge in [0.2, 0.25) is 0 Å². The predicted molar refractivity (Wildman–Crippen MR) is 127 cm³/mol. The van der Waals surface area contributed by atoms with E-state index in [2.05, 4.69) is 19.1 Å². The van der Waals surface area contributed by atoms with Gasteiger partial charge in [-0.1, -0.05) is 18.6 Å². The van der Waals surface area contributed by atoms with E-state index < -0.39 is 10.5 Å². The first-order valence-electron chi connectivity index (χ1n) is 10.9. The highest BCUT2D eigenvalue weighted by atomic mass is 32.2. The van der Waals surface area contributed by atoms with Crippen molar-refractivity contribution in [1.29, 1.82) is 0 Å². The van der Waals surface area contributed by atoms with Crippen LogP contribution in [0, 0.1) is 5.82 Å². The number of rotatable bonds is 4. The molecule has 0 amide bonds. The van der Waals surface area contributed by atoms with Gasteiger partial charge in [-0.15, -0.1) is 0 Å². The van der Waals surface area contributed by atoms with Crippen molar-refractivity contribution < 1.29 is 13.9 Å². The minimum atomic E-state index is -0.405. The first-order valence-corrected chi connectivity index (χ1v) is 12.1.